The third kappa shape index (κ3) is 4.80. The zero-order valence-corrected chi connectivity index (χ0v) is 15.1. The summed E-state index contributed by atoms with van der Waals surface area (Å²) in [5, 5.41) is 5.73. The van der Waals surface area contributed by atoms with Gasteiger partial charge in [-0.15, -0.1) is 0 Å². The van der Waals surface area contributed by atoms with Crippen molar-refractivity contribution in [1.29, 1.82) is 0 Å². The largest absolute Gasteiger partial charge is 0.368 e. The van der Waals surface area contributed by atoms with Crippen molar-refractivity contribution in [3.8, 4) is 0 Å². The van der Waals surface area contributed by atoms with Crippen LogP contribution in [0.4, 0.5) is 5.69 Å². The van der Waals surface area contributed by atoms with Gasteiger partial charge in [-0.05, 0) is 24.1 Å². The first-order valence-corrected chi connectivity index (χ1v) is 9.18. The lowest BCUT2D eigenvalue weighted by molar-refractivity contribution is 0.551. The van der Waals surface area contributed by atoms with Crippen LogP contribution in [0.25, 0.3) is 0 Å². The van der Waals surface area contributed by atoms with Gasteiger partial charge >= 0.3 is 0 Å². The predicted molar refractivity (Wildman–Crippen MR) is 96.7 cm³/mol. The quantitative estimate of drug-likeness (QED) is 0.862. The minimum atomic E-state index is 0.654. The molecule has 1 aliphatic rings. The van der Waals surface area contributed by atoms with Gasteiger partial charge in [0.05, 0.1) is 10.7 Å². The van der Waals surface area contributed by atoms with Crippen LogP contribution in [0.2, 0.25) is 5.02 Å². The molecule has 1 heterocycles. The Labute approximate surface area is 138 Å². The number of benzene rings is 1. The van der Waals surface area contributed by atoms with Crippen molar-refractivity contribution in [3.05, 3.63) is 28.8 Å². The number of nitrogens with zero attached hydrogens (tertiary/aromatic N) is 1. The summed E-state index contributed by atoms with van der Waals surface area (Å²) in [7, 11) is 0. The van der Waals surface area contributed by atoms with E-state index in [2.05, 4.69) is 61.8 Å². The molecule has 1 N–H and O–H groups in total. The normalized spacial score (nSPS) is 22.9. The van der Waals surface area contributed by atoms with Crippen molar-refractivity contribution in [2.24, 2.45) is 5.92 Å². The molecule has 2 atom stereocenters. The second-order valence-corrected chi connectivity index (χ2v) is 8.72. The lowest BCUT2D eigenvalue weighted by Crippen LogP contribution is -2.41. The van der Waals surface area contributed by atoms with Gasteiger partial charge in [-0.1, -0.05) is 51.4 Å². The summed E-state index contributed by atoms with van der Waals surface area (Å²) < 4.78 is 0. The number of anilines is 1. The molecule has 4 heteroatoms. The maximum atomic E-state index is 6.52. The fourth-order valence-electron chi connectivity index (χ4n) is 2.91. The maximum absolute atomic E-state index is 6.52. The Kier molecular flexibility index (Phi) is 6.27. The molecule has 1 fully saturated rings. The molecule has 0 radical (unpaired) electrons. The molecule has 1 saturated heterocycles. The second kappa shape index (κ2) is 7.75. The molecule has 118 valence electrons. The van der Waals surface area contributed by atoms with E-state index in [4.69, 9.17) is 11.6 Å². The van der Waals surface area contributed by atoms with Crippen LogP contribution in [0.15, 0.2) is 18.2 Å². The zero-order chi connectivity index (χ0) is 15.4. The van der Waals surface area contributed by atoms with E-state index in [1.165, 1.54) is 11.3 Å². The second-order valence-electron chi connectivity index (χ2n) is 6.43. The smallest absolute Gasteiger partial charge is 0.0642 e. The first-order valence-electron chi connectivity index (χ1n) is 7.86. The van der Waals surface area contributed by atoms with E-state index in [9.17, 15) is 0 Å². The SMILES string of the molecule is CC(C)CNCc1cccc(Cl)c1N1CC(C)SC(C)C1. The summed E-state index contributed by atoms with van der Waals surface area (Å²) >= 11 is 8.60. The van der Waals surface area contributed by atoms with Crippen LogP contribution in [0.1, 0.15) is 33.3 Å². The van der Waals surface area contributed by atoms with Crippen LogP contribution in [-0.2, 0) is 6.54 Å². The Balaban J connectivity index is 2.16. The minimum Gasteiger partial charge on any atom is -0.368 e. The highest BCUT2D eigenvalue weighted by Gasteiger charge is 2.25. The van der Waals surface area contributed by atoms with Crippen LogP contribution >= 0.6 is 23.4 Å². The van der Waals surface area contributed by atoms with Crippen molar-refractivity contribution in [2.45, 2.75) is 44.7 Å². The Morgan fingerprint density at radius 2 is 1.95 bits per heavy atom. The van der Waals surface area contributed by atoms with E-state index in [1.807, 2.05) is 6.07 Å². The highest BCUT2D eigenvalue weighted by atomic mass is 35.5. The van der Waals surface area contributed by atoms with Crippen molar-refractivity contribution < 1.29 is 0 Å². The highest BCUT2D eigenvalue weighted by molar-refractivity contribution is 8.00. The van der Waals surface area contributed by atoms with Gasteiger partial charge in [-0.25, -0.2) is 0 Å². The van der Waals surface area contributed by atoms with Gasteiger partial charge in [0, 0.05) is 30.1 Å². The molecule has 0 aromatic heterocycles. The highest BCUT2D eigenvalue weighted by Crippen LogP contribution is 2.35. The van der Waals surface area contributed by atoms with Gasteiger partial charge in [0.1, 0.15) is 0 Å². The molecule has 21 heavy (non-hydrogen) atoms. The summed E-state index contributed by atoms with van der Waals surface area (Å²) in [5.41, 5.74) is 2.55. The number of thioether (sulfide) groups is 1. The van der Waals surface area contributed by atoms with Crippen LogP contribution in [0.3, 0.4) is 0 Å². The molecule has 0 aliphatic carbocycles. The van der Waals surface area contributed by atoms with Crippen LogP contribution in [-0.4, -0.2) is 30.1 Å². The Hall–Kier alpha value is -0.380. The summed E-state index contributed by atoms with van der Waals surface area (Å²) in [6.45, 7) is 13.2. The number of halogens is 1. The van der Waals surface area contributed by atoms with Crippen LogP contribution in [0.5, 0.6) is 0 Å². The van der Waals surface area contributed by atoms with Gasteiger partial charge in [0.2, 0.25) is 0 Å². The van der Waals surface area contributed by atoms with Gasteiger partial charge in [-0.2, -0.15) is 11.8 Å². The van der Waals surface area contributed by atoms with Crippen molar-refractivity contribution >= 4 is 29.1 Å². The van der Waals surface area contributed by atoms with Gasteiger partial charge in [-0.3, -0.25) is 0 Å². The molecule has 0 bridgehead atoms. The van der Waals surface area contributed by atoms with Gasteiger partial charge in [0.25, 0.3) is 0 Å². The first kappa shape index (κ1) is 17.0. The summed E-state index contributed by atoms with van der Waals surface area (Å²) in [6, 6.07) is 6.27. The van der Waals surface area contributed by atoms with Gasteiger partial charge in [0.15, 0.2) is 0 Å². The average molecular weight is 327 g/mol. The topological polar surface area (TPSA) is 15.3 Å². The summed E-state index contributed by atoms with van der Waals surface area (Å²) in [4.78, 5) is 2.47. The summed E-state index contributed by atoms with van der Waals surface area (Å²) in [6.07, 6.45) is 0. The lowest BCUT2D eigenvalue weighted by Gasteiger charge is -2.37. The third-order valence-corrected chi connectivity index (χ3v) is 5.21. The molecule has 2 nitrogen and oxygen atoms in total. The first-order chi connectivity index (χ1) is 9.97. The van der Waals surface area contributed by atoms with Crippen LogP contribution in [0, 0.1) is 5.92 Å². The minimum absolute atomic E-state index is 0.654. The van der Waals surface area contributed by atoms with E-state index in [0.717, 1.165) is 31.2 Å². The lowest BCUT2D eigenvalue weighted by atomic mass is 10.1. The van der Waals surface area contributed by atoms with Crippen LogP contribution < -0.4 is 10.2 Å². The zero-order valence-electron chi connectivity index (χ0n) is 13.5. The molecule has 1 aromatic rings. The molecule has 1 aromatic carbocycles. The average Bonchev–Trinajstić information content (AvgIpc) is 2.37. The molecular weight excluding hydrogens is 300 g/mol. The number of hydrogen-bond donors (Lipinski definition) is 1. The van der Waals surface area contributed by atoms with E-state index >= 15 is 0 Å². The Morgan fingerprint density at radius 3 is 2.57 bits per heavy atom. The van der Waals surface area contributed by atoms with Crippen molar-refractivity contribution in [2.75, 3.05) is 24.5 Å². The number of hydrogen-bond acceptors (Lipinski definition) is 3. The molecule has 1 aliphatic heterocycles. The van der Waals surface area contributed by atoms with Crippen molar-refractivity contribution in [3.63, 3.8) is 0 Å². The molecular formula is C17H27ClN2S. The molecule has 0 saturated carbocycles. The fourth-order valence-corrected chi connectivity index (χ4v) is 4.55. The Morgan fingerprint density at radius 1 is 1.29 bits per heavy atom. The number of rotatable bonds is 5. The fraction of sp³-hybridized carbons (Fsp3) is 0.647. The number of para-hydroxylation sites is 1. The summed E-state index contributed by atoms with van der Waals surface area (Å²) in [5.74, 6) is 0.666. The maximum Gasteiger partial charge on any atom is 0.0642 e. The molecule has 2 unspecified atom stereocenters. The molecule has 0 amide bonds. The monoisotopic (exact) mass is 326 g/mol. The standard InChI is InChI=1S/C17H27ClN2S/c1-12(2)8-19-9-15-6-5-7-16(18)17(15)20-10-13(3)21-14(4)11-20/h5-7,12-14,19H,8-11H2,1-4H3. The molecule has 0 spiro atoms. The van der Waals surface area contributed by atoms with Crippen molar-refractivity contribution in [1.82, 2.24) is 5.32 Å². The van der Waals surface area contributed by atoms with E-state index in [0.29, 0.717) is 16.4 Å². The third-order valence-electron chi connectivity index (χ3n) is 3.67. The van der Waals surface area contributed by atoms with E-state index in [-0.39, 0.29) is 0 Å². The predicted octanol–water partition coefficient (Wildman–Crippen LogP) is 4.42. The molecule has 2 rings (SSSR count). The van der Waals surface area contributed by atoms with E-state index in [1.54, 1.807) is 0 Å². The van der Waals surface area contributed by atoms with Gasteiger partial charge < -0.3 is 10.2 Å². The Bertz CT molecular complexity index is 454. The number of nitrogens with one attached hydrogen (secondary N) is 1. The van der Waals surface area contributed by atoms with E-state index < -0.39 is 0 Å².